The Morgan fingerprint density at radius 2 is 1.11 bits per heavy atom. The maximum atomic E-state index is 12.4. The zero-order valence-electron chi connectivity index (χ0n) is 37.3. The van der Waals surface area contributed by atoms with Crippen LogP contribution in [0.15, 0.2) is 12.2 Å². The fourth-order valence-corrected chi connectivity index (χ4v) is 6.83. The number of carbonyl (C=O) groups is 5. The molecule has 3 rings (SSSR count). The molecule has 368 valence electrons. The second-order valence-electron chi connectivity index (χ2n) is 15.1. The van der Waals surface area contributed by atoms with Gasteiger partial charge in [0.1, 0.15) is 18.3 Å². The molecule has 0 radical (unpaired) electrons. The Bertz CT molecular complexity index is 1340. The third kappa shape index (κ3) is 23.0. The molecule has 3 heterocycles. The van der Waals surface area contributed by atoms with Crippen molar-refractivity contribution >= 4 is 29.8 Å². The molecule has 23 nitrogen and oxygen atoms in total. The van der Waals surface area contributed by atoms with E-state index in [9.17, 15) is 39.3 Å². The molecule has 2 saturated heterocycles. The highest BCUT2D eigenvalue weighted by Crippen LogP contribution is 2.25. The third-order valence-corrected chi connectivity index (χ3v) is 10.3. The van der Waals surface area contributed by atoms with Gasteiger partial charge in [-0.05, 0) is 12.8 Å². The fraction of sp³-hybridized carbons (Fsp3) is 0.829. The lowest BCUT2D eigenvalue weighted by Crippen LogP contribution is -2.63. The van der Waals surface area contributed by atoms with Crippen molar-refractivity contribution in [3.05, 3.63) is 12.2 Å². The SMILES string of the molecule is CC(=O)N[C@@H]1[C@@H](O)[C@@H](O)[C@@H](CO)O[C@@H]1CCCCCOCCOCCNC(=O)NCCOCCOCCOCCOCCOCCNC(=O)N1CCN(CCN2C(=O)C=CC2=O)CC1. The minimum Gasteiger partial charge on any atom is -0.394 e. The van der Waals surface area contributed by atoms with E-state index in [1.807, 2.05) is 0 Å². The van der Waals surface area contributed by atoms with Crippen LogP contribution in [-0.2, 0) is 52.3 Å². The molecule has 0 aromatic heterocycles. The van der Waals surface area contributed by atoms with Crippen LogP contribution in [0.25, 0.3) is 0 Å². The summed E-state index contributed by atoms with van der Waals surface area (Å²) in [4.78, 5) is 64.4. The molecule has 0 saturated carbocycles. The molecule has 0 aliphatic carbocycles. The highest BCUT2D eigenvalue weighted by atomic mass is 16.6. The number of amides is 7. The quantitative estimate of drug-likeness (QED) is 0.0250. The standard InChI is InChI=1S/C41H73N7O16/c1-32(50)45-37-33(64-34(31-49)38(53)39(37)54)5-3-2-4-17-57-21-22-58-18-8-42-40(55)43-9-19-59-23-25-61-27-29-63-30-28-62-26-24-60-20-10-44-41(56)47-14-11-46(12-15-47)13-16-48-35(51)6-7-36(48)52/h6-7,33-34,37-39,49,53-54H,2-5,8-31H2,1H3,(H,44,56)(H,45,50)(H2,42,43,55)/t33-,34-,37+,38+,39-/m1/s1. The van der Waals surface area contributed by atoms with Gasteiger partial charge in [0.2, 0.25) is 5.91 Å². The van der Waals surface area contributed by atoms with Crippen molar-refractivity contribution in [2.24, 2.45) is 0 Å². The number of rotatable bonds is 35. The molecule has 0 aromatic carbocycles. The zero-order valence-corrected chi connectivity index (χ0v) is 37.3. The number of aliphatic hydroxyl groups is 3. The van der Waals surface area contributed by atoms with Gasteiger partial charge in [0.15, 0.2) is 0 Å². The van der Waals surface area contributed by atoms with Gasteiger partial charge in [-0.25, -0.2) is 9.59 Å². The van der Waals surface area contributed by atoms with Crippen molar-refractivity contribution in [3.63, 3.8) is 0 Å². The number of ether oxygens (including phenoxy) is 8. The lowest BCUT2D eigenvalue weighted by Gasteiger charge is -2.42. The van der Waals surface area contributed by atoms with Gasteiger partial charge >= 0.3 is 12.1 Å². The molecule has 0 bridgehead atoms. The molecular weight excluding hydrogens is 846 g/mol. The molecule has 7 amide bonds. The van der Waals surface area contributed by atoms with E-state index in [4.69, 9.17) is 37.9 Å². The van der Waals surface area contributed by atoms with E-state index >= 15 is 0 Å². The van der Waals surface area contributed by atoms with Crippen molar-refractivity contribution in [1.29, 1.82) is 0 Å². The molecule has 23 heteroatoms. The van der Waals surface area contributed by atoms with Crippen molar-refractivity contribution in [2.45, 2.75) is 63.1 Å². The van der Waals surface area contributed by atoms with Gasteiger partial charge < -0.3 is 79.4 Å². The van der Waals surface area contributed by atoms with Crippen LogP contribution >= 0.6 is 0 Å². The average molecular weight is 920 g/mol. The monoisotopic (exact) mass is 920 g/mol. The number of urea groups is 2. The van der Waals surface area contributed by atoms with E-state index in [0.29, 0.717) is 158 Å². The average Bonchev–Trinajstić information content (AvgIpc) is 3.61. The number of hydrogen-bond acceptors (Lipinski definition) is 17. The van der Waals surface area contributed by atoms with Crippen LogP contribution in [0.1, 0.15) is 32.6 Å². The van der Waals surface area contributed by atoms with E-state index in [1.54, 1.807) is 4.90 Å². The lowest BCUT2D eigenvalue weighted by molar-refractivity contribution is -0.196. The second-order valence-corrected chi connectivity index (χ2v) is 15.1. The van der Waals surface area contributed by atoms with Crippen molar-refractivity contribution in [3.8, 4) is 0 Å². The molecule has 7 N–H and O–H groups in total. The highest BCUT2D eigenvalue weighted by molar-refractivity contribution is 6.12. The number of carbonyl (C=O) groups excluding carboxylic acids is 5. The number of nitrogens with one attached hydrogen (secondary N) is 4. The molecule has 2 fully saturated rings. The van der Waals surface area contributed by atoms with Crippen molar-refractivity contribution < 1.29 is 77.2 Å². The first-order chi connectivity index (χ1) is 31.1. The van der Waals surface area contributed by atoms with Crippen LogP contribution in [0, 0.1) is 0 Å². The van der Waals surface area contributed by atoms with Crippen molar-refractivity contribution in [1.82, 2.24) is 36.0 Å². The van der Waals surface area contributed by atoms with Crippen LogP contribution in [-0.4, -0.2) is 248 Å². The Labute approximate surface area is 375 Å². The third-order valence-electron chi connectivity index (χ3n) is 10.3. The molecule has 0 unspecified atom stereocenters. The van der Waals surface area contributed by atoms with Gasteiger partial charge in [-0.3, -0.25) is 24.2 Å². The number of imide groups is 1. The number of aliphatic hydroxyl groups excluding tert-OH is 3. The summed E-state index contributed by atoms with van der Waals surface area (Å²) in [5.74, 6) is -0.898. The molecule has 3 aliphatic rings. The molecule has 5 atom stereocenters. The van der Waals surface area contributed by atoms with Crippen LogP contribution in [0.4, 0.5) is 9.59 Å². The first kappa shape index (κ1) is 54.7. The largest absolute Gasteiger partial charge is 0.394 e. The topological polar surface area (TPSA) is 278 Å². The van der Waals surface area contributed by atoms with Gasteiger partial charge in [-0.1, -0.05) is 12.8 Å². The summed E-state index contributed by atoms with van der Waals surface area (Å²) in [6, 6.07) is -1.21. The highest BCUT2D eigenvalue weighted by Gasteiger charge is 2.44. The van der Waals surface area contributed by atoms with Crippen LogP contribution in [0.3, 0.4) is 0 Å². The Morgan fingerprint density at radius 1 is 0.625 bits per heavy atom. The summed E-state index contributed by atoms with van der Waals surface area (Å²) >= 11 is 0. The lowest BCUT2D eigenvalue weighted by atomic mass is 9.90. The smallest absolute Gasteiger partial charge is 0.317 e. The first-order valence-electron chi connectivity index (χ1n) is 22.3. The number of piperazine rings is 1. The molecule has 64 heavy (non-hydrogen) atoms. The minimum absolute atomic E-state index is 0.144. The fourth-order valence-electron chi connectivity index (χ4n) is 6.83. The molecule has 0 aromatic rings. The van der Waals surface area contributed by atoms with Crippen molar-refractivity contribution in [2.75, 3.05) is 158 Å². The predicted molar refractivity (Wildman–Crippen MR) is 228 cm³/mol. The first-order valence-corrected chi connectivity index (χ1v) is 22.3. The van der Waals surface area contributed by atoms with Crippen LogP contribution < -0.4 is 21.3 Å². The summed E-state index contributed by atoms with van der Waals surface area (Å²) in [7, 11) is 0. The molecule has 3 aliphatic heterocycles. The van der Waals surface area contributed by atoms with Gasteiger partial charge in [-0.15, -0.1) is 0 Å². The summed E-state index contributed by atoms with van der Waals surface area (Å²) in [6.07, 6.45) is 1.55. The van der Waals surface area contributed by atoms with Crippen LogP contribution in [0.5, 0.6) is 0 Å². The van der Waals surface area contributed by atoms with Gasteiger partial charge in [0.25, 0.3) is 11.8 Å². The Kier molecular flexibility index (Phi) is 28.9. The number of unbranched alkanes of at least 4 members (excludes halogenated alkanes) is 2. The summed E-state index contributed by atoms with van der Waals surface area (Å²) < 4.78 is 44.3. The Balaban J connectivity index is 0.970. The number of hydrogen-bond donors (Lipinski definition) is 7. The summed E-state index contributed by atoms with van der Waals surface area (Å²) in [5, 5.41) is 40.9. The van der Waals surface area contributed by atoms with E-state index in [1.165, 1.54) is 24.0 Å². The summed E-state index contributed by atoms with van der Waals surface area (Å²) in [6.45, 7) is 11.0. The zero-order chi connectivity index (χ0) is 46.2. The van der Waals surface area contributed by atoms with E-state index < -0.39 is 37.1 Å². The predicted octanol–water partition coefficient (Wildman–Crippen LogP) is -2.80. The van der Waals surface area contributed by atoms with E-state index in [0.717, 1.165) is 19.3 Å². The maximum Gasteiger partial charge on any atom is 0.317 e. The molecule has 0 spiro atoms. The number of nitrogens with zero attached hydrogens (tertiary/aromatic N) is 3. The normalized spacial score (nSPS) is 21.4. The Hall–Kier alpha value is -3.59. The van der Waals surface area contributed by atoms with Gasteiger partial charge in [0, 0.05) is 84.6 Å². The van der Waals surface area contributed by atoms with E-state index in [-0.39, 0.29) is 29.8 Å². The maximum absolute atomic E-state index is 12.4. The van der Waals surface area contributed by atoms with Gasteiger partial charge in [0.05, 0.1) is 105 Å². The van der Waals surface area contributed by atoms with Crippen LogP contribution in [0.2, 0.25) is 0 Å². The molecular formula is C41H73N7O16. The second kappa shape index (κ2) is 33.8. The minimum atomic E-state index is -1.28. The summed E-state index contributed by atoms with van der Waals surface area (Å²) in [5.41, 5.74) is 0. The van der Waals surface area contributed by atoms with E-state index in [2.05, 4.69) is 26.2 Å². The Morgan fingerprint density at radius 3 is 1.61 bits per heavy atom. The van der Waals surface area contributed by atoms with Gasteiger partial charge in [-0.2, -0.15) is 0 Å².